The molecular formula is C20H18N4O3S. The molecule has 0 fully saturated rings. The zero-order valence-electron chi connectivity index (χ0n) is 15.4. The molecule has 28 heavy (non-hydrogen) atoms. The fraction of sp³-hybridized carbons (Fsp3) is 0.150. The molecule has 0 unspecified atom stereocenters. The van der Waals surface area contributed by atoms with Crippen molar-refractivity contribution in [2.45, 2.75) is 6.92 Å². The van der Waals surface area contributed by atoms with Gasteiger partial charge in [0.25, 0.3) is 5.91 Å². The Morgan fingerprint density at radius 3 is 2.75 bits per heavy atom. The first-order valence-electron chi connectivity index (χ1n) is 8.62. The van der Waals surface area contributed by atoms with Crippen LogP contribution in [-0.2, 0) is 4.79 Å². The number of aryl methyl sites for hydroxylation is 1. The number of carbonyl (C=O) groups excluding carboxylic acids is 1. The fourth-order valence-electron chi connectivity index (χ4n) is 2.69. The predicted molar refractivity (Wildman–Crippen MR) is 109 cm³/mol. The number of nitrogens with zero attached hydrogens (tertiary/aromatic N) is 3. The van der Waals surface area contributed by atoms with Gasteiger partial charge in [-0.1, -0.05) is 29.5 Å². The number of methoxy groups -OCH3 is 1. The summed E-state index contributed by atoms with van der Waals surface area (Å²) in [6, 6.07) is 16.7. The highest BCUT2D eigenvalue weighted by molar-refractivity contribution is 7.20. The van der Waals surface area contributed by atoms with Gasteiger partial charge in [0.2, 0.25) is 5.13 Å². The Bertz CT molecular complexity index is 1120. The Balaban J connectivity index is 1.54. The first-order valence-corrected chi connectivity index (χ1v) is 9.43. The normalized spacial score (nSPS) is 10.8. The number of thiazole rings is 1. The van der Waals surface area contributed by atoms with Crippen LogP contribution in [0.4, 0.5) is 5.82 Å². The van der Waals surface area contributed by atoms with Crippen molar-refractivity contribution in [3.63, 3.8) is 0 Å². The molecule has 1 N–H and O–H groups in total. The van der Waals surface area contributed by atoms with Crippen molar-refractivity contribution < 1.29 is 14.3 Å². The van der Waals surface area contributed by atoms with Crippen molar-refractivity contribution in [1.82, 2.24) is 14.8 Å². The highest BCUT2D eigenvalue weighted by atomic mass is 32.1. The highest BCUT2D eigenvalue weighted by Crippen LogP contribution is 2.30. The molecule has 0 saturated heterocycles. The number of hydrogen-bond donors (Lipinski definition) is 1. The number of anilines is 1. The molecule has 0 spiro atoms. The molecule has 0 bridgehead atoms. The van der Waals surface area contributed by atoms with Crippen molar-refractivity contribution in [3.05, 3.63) is 60.3 Å². The van der Waals surface area contributed by atoms with Crippen molar-refractivity contribution in [2.75, 3.05) is 19.0 Å². The average Bonchev–Trinajstić information content (AvgIpc) is 3.29. The van der Waals surface area contributed by atoms with Crippen LogP contribution in [0.1, 0.15) is 5.69 Å². The zero-order valence-corrected chi connectivity index (χ0v) is 16.2. The van der Waals surface area contributed by atoms with Crippen molar-refractivity contribution in [2.24, 2.45) is 0 Å². The van der Waals surface area contributed by atoms with Gasteiger partial charge in [0.1, 0.15) is 17.3 Å². The first-order chi connectivity index (χ1) is 13.6. The third-order valence-electron chi connectivity index (χ3n) is 3.98. The molecule has 2 aromatic carbocycles. The fourth-order valence-corrected chi connectivity index (χ4v) is 3.65. The van der Waals surface area contributed by atoms with Gasteiger partial charge in [-0.25, -0.2) is 4.98 Å². The molecule has 142 valence electrons. The molecule has 8 heteroatoms. The molecule has 4 rings (SSSR count). The topological polar surface area (TPSA) is 78.3 Å². The van der Waals surface area contributed by atoms with E-state index < -0.39 is 0 Å². The van der Waals surface area contributed by atoms with Gasteiger partial charge in [-0.3, -0.25) is 4.79 Å². The van der Waals surface area contributed by atoms with Crippen molar-refractivity contribution in [1.29, 1.82) is 0 Å². The number of ether oxygens (including phenoxy) is 2. The Kier molecular flexibility index (Phi) is 4.94. The lowest BCUT2D eigenvalue weighted by atomic mass is 10.3. The Morgan fingerprint density at radius 1 is 1.14 bits per heavy atom. The highest BCUT2D eigenvalue weighted by Gasteiger charge is 2.15. The molecule has 2 heterocycles. The molecular weight excluding hydrogens is 376 g/mol. The van der Waals surface area contributed by atoms with Crippen LogP contribution in [0.3, 0.4) is 0 Å². The number of aromatic nitrogens is 3. The quantitative estimate of drug-likeness (QED) is 0.538. The van der Waals surface area contributed by atoms with E-state index >= 15 is 0 Å². The van der Waals surface area contributed by atoms with E-state index in [4.69, 9.17) is 9.47 Å². The SMILES string of the molecule is COc1ccc2nc(-n3nc(C)cc3NC(=O)COc3ccccc3)sc2c1. The van der Waals surface area contributed by atoms with Crippen LogP contribution in [0.2, 0.25) is 0 Å². The molecule has 0 saturated carbocycles. The van der Waals surface area contributed by atoms with Gasteiger partial charge in [-0.05, 0) is 37.3 Å². The molecule has 0 radical (unpaired) electrons. The second kappa shape index (κ2) is 7.69. The predicted octanol–water partition coefficient (Wildman–Crippen LogP) is 3.82. The molecule has 4 aromatic rings. The number of hydrogen-bond acceptors (Lipinski definition) is 6. The van der Waals surface area contributed by atoms with Gasteiger partial charge < -0.3 is 14.8 Å². The van der Waals surface area contributed by atoms with E-state index in [2.05, 4.69) is 15.4 Å². The van der Waals surface area contributed by atoms with Gasteiger partial charge in [-0.2, -0.15) is 9.78 Å². The molecule has 0 atom stereocenters. The van der Waals surface area contributed by atoms with Gasteiger partial charge in [0.15, 0.2) is 6.61 Å². The summed E-state index contributed by atoms with van der Waals surface area (Å²) in [5, 5.41) is 7.98. The molecule has 0 aliphatic carbocycles. The minimum absolute atomic E-state index is 0.0920. The lowest BCUT2D eigenvalue weighted by molar-refractivity contribution is -0.118. The summed E-state index contributed by atoms with van der Waals surface area (Å²) in [5.41, 5.74) is 1.62. The van der Waals surface area contributed by atoms with Crippen LogP contribution in [0.25, 0.3) is 15.3 Å². The van der Waals surface area contributed by atoms with E-state index in [9.17, 15) is 4.79 Å². The number of amides is 1. The maximum absolute atomic E-state index is 12.3. The lowest BCUT2D eigenvalue weighted by Crippen LogP contribution is -2.21. The minimum atomic E-state index is -0.271. The monoisotopic (exact) mass is 394 g/mol. The second-order valence-corrected chi connectivity index (χ2v) is 7.07. The van der Waals surface area contributed by atoms with Gasteiger partial charge in [-0.15, -0.1) is 0 Å². The number of nitrogens with one attached hydrogen (secondary N) is 1. The van der Waals surface area contributed by atoms with Gasteiger partial charge in [0, 0.05) is 6.07 Å². The summed E-state index contributed by atoms with van der Waals surface area (Å²) in [6.07, 6.45) is 0. The summed E-state index contributed by atoms with van der Waals surface area (Å²) in [5.74, 6) is 1.69. The standard InChI is InChI=1S/C20H18N4O3S/c1-13-10-18(22-19(25)12-27-14-6-4-3-5-7-14)24(23-13)20-21-16-9-8-15(26-2)11-17(16)28-20/h3-11H,12H2,1-2H3,(H,22,25). The number of fused-ring (bicyclic) bond motifs is 1. The summed E-state index contributed by atoms with van der Waals surface area (Å²) in [6.45, 7) is 1.77. The molecule has 0 aliphatic rings. The van der Waals surface area contributed by atoms with Crippen LogP contribution in [-0.4, -0.2) is 34.4 Å². The third kappa shape index (κ3) is 3.81. The second-order valence-electron chi connectivity index (χ2n) is 6.06. The Labute approximate surface area is 165 Å². The number of rotatable bonds is 6. The molecule has 7 nitrogen and oxygen atoms in total. The number of benzene rings is 2. The van der Waals surface area contributed by atoms with Crippen molar-refractivity contribution in [3.8, 4) is 16.6 Å². The summed E-state index contributed by atoms with van der Waals surface area (Å²) in [7, 11) is 1.63. The smallest absolute Gasteiger partial charge is 0.263 e. The maximum atomic E-state index is 12.3. The van der Waals surface area contributed by atoms with Crippen LogP contribution >= 0.6 is 11.3 Å². The van der Waals surface area contributed by atoms with E-state index in [-0.39, 0.29) is 12.5 Å². The zero-order chi connectivity index (χ0) is 19.5. The maximum Gasteiger partial charge on any atom is 0.263 e. The van der Waals surface area contributed by atoms with Crippen LogP contribution < -0.4 is 14.8 Å². The van der Waals surface area contributed by atoms with E-state index in [1.165, 1.54) is 11.3 Å². The van der Waals surface area contributed by atoms with Gasteiger partial charge >= 0.3 is 0 Å². The van der Waals surface area contributed by atoms with Crippen LogP contribution in [0.15, 0.2) is 54.6 Å². The average molecular weight is 394 g/mol. The summed E-state index contributed by atoms with van der Waals surface area (Å²) >= 11 is 1.47. The van der Waals surface area contributed by atoms with Gasteiger partial charge in [0.05, 0.1) is 23.0 Å². The Morgan fingerprint density at radius 2 is 1.96 bits per heavy atom. The molecule has 1 amide bonds. The van der Waals surface area contributed by atoms with E-state index in [1.54, 1.807) is 30.0 Å². The lowest BCUT2D eigenvalue weighted by Gasteiger charge is -2.08. The molecule has 0 aliphatic heterocycles. The van der Waals surface area contributed by atoms with Crippen LogP contribution in [0, 0.1) is 6.92 Å². The van der Waals surface area contributed by atoms with E-state index in [0.717, 1.165) is 21.7 Å². The number of carbonyl (C=O) groups is 1. The molecule has 2 aromatic heterocycles. The summed E-state index contributed by atoms with van der Waals surface area (Å²) in [4.78, 5) is 16.9. The van der Waals surface area contributed by atoms with E-state index in [1.807, 2.05) is 43.3 Å². The number of para-hydroxylation sites is 1. The largest absolute Gasteiger partial charge is 0.497 e. The Hall–Kier alpha value is -3.39. The van der Waals surface area contributed by atoms with Crippen molar-refractivity contribution >= 4 is 33.3 Å². The minimum Gasteiger partial charge on any atom is -0.497 e. The van der Waals surface area contributed by atoms with E-state index in [0.29, 0.717) is 16.7 Å². The summed E-state index contributed by atoms with van der Waals surface area (Å²) < 4.78 is 13.4. The first kappa shape index (κ1) is 18.0. The van der Waals surface area contributed by atoms with Crippen LogP contribution in [0.5, 0.6) is 11.5 Å². The third-order valence-corrected chi connectivity index (χ3v) is 4.97.